The quantitative estimate of drug-likeness (QED) is 0.878. The van der Waals surface area contributed by atoms with E-state index in [9.17, 15) is 9.59 Å². The fraction of sp³-hybridized carbons (Fsp3) is 0.312. The number of halogens is 1. The Kier molecular flexibility index (Phi) is 5.76. The lowest BCUT2D eigenvalue weighted by Gasteiger charge is -2.17. The molecule has 0 aliphatic rings. The van der Waals surface area contributed by atoms with Crippen molar-refractivity contribution in [2.45, 2.75) is 25.9 Å². The molecule has 1 aromatic heterocycles. The average Bonchev–Trinajstić information content (AvgIpc) is 2.55. The molecule has 1 atom stereocenters. The number of rotatable bonds is 6. The first-order chi connectivity index (χ1) is 11.0. The minimum atomic E-state index is -0.361. The molecule has 1 amide bonds. The van der Waals surface area contributed by atoms with Gasteiger partial charge in [0.15, 0.2) is 0 Å². The lowest BCUT2D eigenvalue weighted by molar-refractivity contribution is -0.122. The van der Waals surface area contributed by atoms with Crippen LogP contribution in [0.3, 0.4) is 0 Å². The highest BCUT2D eigenvalue weighted by atomic mass is 35.5. The minimum Gasteiger partial charge on any atom is -0.480 e. The van der Waals surface area contributed by atoms with Crippen LogP contribution >= 0.6 is 11.6 Å². The van der Waals surface area contributed by atoms with E-state index in [1.807, 2.05) is 19.1 Å². The second kappa shape index (κ2) is 7.78. The van der Waals surface area contributed by atoms with Crippen molar-refractivity contribution in [1.29, 1.82) is 0 Å². The van der Waals surface area contributed by atoms with Crippen molar-refractivity contribution in [3.8, 4) is 5.88 Å². The summed E-state index contributed by atoms with van der Waals surface area (Å²) in [4.78, 5) is 23.9. The van der Waals surface area contributed by atoms with E-state index in [4.69, 9.17) is 16.3 Å². The van der Waals surface area contributed by atoms with Crippen LogP contribution in [0.4, 0.5) is 0 Å². The molecule has 1 aromatic carbocycles. The monoisotopic (exact) mass is 335 g/mol. The summed E-state index contributed by atoms with van der Waals surface area (Å²) in [6.45, 7) is 1.80. The van der Waals surface area contributed by atoms with E-state index in [2.05, 4.69) is 10.4 Å². The van der Waals surface area contributed by atoms with Crippen LogP contribution in [0.15, 0.2) is 41.2 Å². The third-order valence-electron chi connectivity index (χ3n) is 3.36. The molecule has 0 fully saturated rings. The summed E-state index contributed by atoms with van der Waals surface area (Å²) in [6, 6.07) is 9.91. The van der Waals surface area contributed by atoms with Crippen molar-refractivity contribution in [2.75, 3.05) is 7.11 Å². The van der Waals surface area contributed by atoms with E-state index in [1.54, 1.807) is 12.1 Å². The Morgan fingerprint density at radius 2 is 2.00 bits per heavy atom. The molecular formula is C16H18ClN3O3. The van der Waals surface area contributed by atoms with E-state index in [0.29, 0.717) is 11.4 Å². The highest BCUT2D eigenvalue weighted by Crippen LogP contribution is 2.19. The zero-order chi connectivity index (χ0) is 16.8. The van der Waals surface area contributed by atoms with Crippen molar-refractivity contribution in [3.05, 3.63) is 57.3 Å². The Hall–Kier alpha value is -2.34. The van der Waals surface area contributed by atoms with Crippen LogP contribution in [-0.2, 0) is 11.3 Å². The van der Waals surface area contributed by atoms with Gasteiger partial charge in [0.1, 0.15) is 6.54 Å². The number of aromatic nitrogens is 2. The lowest BCUT2D eigenvalue weighted by atomic mass is 10.0. The zero-order valence-corrected chi connectivity index (χ0v) is 13.7. The Morgan fingerprint density at radius 3 is 2.61 bits per heavy atom. The molecular weight excluding hydrogens is 318 g/mol. The number of benzene rings is 1. The number of carbonyl (C=O) groups excluding carboxylic acids is 1. The minimum absolute atomic E-state index is 0.152. The van der Waals surface area contributed by atoms with Crippen LogP contribution in [0.2, 0.25) is 5.02 Å². The third-order valence-corrected chi connectivity index (χ3v) is 3.61. The molecule has 0 saturated heterocycles. The van der Waals surface area contributed by atoms with Crippen LogP contribution in [-0.4, -0.2) is 22.8 Å². The van der Waals surface area contributed by atoms with Gasteiger partial charge in [0.25, 0.3) is 5.56 Å². The second-order valence-corrected chi connectivity index (χ2v) is 5.39. The first kappa shape index (κ1) is 17.0. The first-order valence-electron chi connectivity index (χ1n) is 7.20. The predicted molar refractivity (Wildman–Crippen MR) is 87.7 cm³/mol. The van der Waals surface area contributed by atoms with Crippen molar-refractivity contribution < 1.29 is 9.53 Å². The molecule has 0 bridgehead atoms. The molecule has 0 saturated carbocycles. The molecule has 0 radical (unpaired) electrons. The Bertz CT molecular complexity index is 728. The van der Waals surface area contributed by atoms with Crippen LogP contribution in [0, 0.1) is 0 Å². The molecule has 0 unspecified atom stereocenters. The van der Waals surface area contributed by atoms with Crippen molar-refractivity contribution >= 4 is 17.5 Å². The number of methoxy groups -OCH3 is 1. The van der Waals surface area contributed by atoms with Gasteiger partial charge in [0.2, 0.25) is 11.8 Å². The second-order valence-electron chi connectivity index (χ2n) is 4.95. The van der Waals surface area contributed by atoms with Crippen LogP contribution < -0.4 is 15.6 Å². The van der Waals surface area contributed by atoms with E-state index in [-0.39, 0.29) is 29.9 Å². The number of nitrogens with one attached hydrogen (secondary N) is 1. The van der Waals surface area contributed by atoms with Gasteiger partial charge in [-0.15, -0.1) is 5.10 Å². The topological polar surface area (TPSA) is 73.2 Å². The van der Waals surface area contributed by atoms with Crippen LogP contribution in [0.5, 0.6) is 5.88 Å². The van der Waals surface area contributed by atoms with E-state index in [1.165, 1.54) is 19.2 Å². The predicted octanol–water partition coefficient (Wildman–Crippen LogP) is 2.17. The molecule has 1 heterocycles. The maximum absolute atomic E-state index is 12.2. The first-order valence-corrected chi connectivity index (χ1v) is 7.58. The van der Waals surface area contributed by atoms with Gasteiger partial charge in [0, 0.05) is 17.2 Å². The van der Waals surface area contributed by atoms with E-state index in [0.717, 1.165) is 10.2 Å². The molecule has 0 aliphatic heterocycles. The van der Waals surface area contributed by atoms with Gasteiger partial charge in [-0.25, -0.2) is 4.68 Å². The molecule has 7 heteroatoms. The van der Waals surface area contributed by atoms with Gasteiger partial charge < -0.3 is 10.1 Å². The summed E-state index contributed by atoms with van der Waals surface area (Å²) >= 11 is 5.87. The van der Waals surface area contributed by atoms with Crippen molar-refractivity contribution in [1.82, 2.24) is 15.1 Å². The highest BCUT2D eigenvalue weighted by Gasteiger charge is 2.14. The standard InChI is InChI=1S/C16H18ClN3O3/c1-3-13(11-4-6-12(17)7-5-11)18-14(21)10-20-16(22)9-8-15(19-20)23-2/h4-9,13H,3,10H2,1-2H3,(H,18,21)/t13-/m0/s1. The molecule has 1 N–H and O–H groups in total. The summed E-state index contributed by atoms with van der Waals surface area (Å²) in [7, 11) is 1.45. The summed E-state index contributed by atoms with van der Waals surface area (Å²) < 4.78 is 6.03. The van der Waals surface area contributed by atoms with E-state index < -0.39 is 0 Å². The summed E-state index contributed by atoms with van der Waals surface area (Å²) in [5, 5.41) is 7.49. The number of amides is 1. The van der Waals surface area contributed by atoms with Gasteiger partial charge in [-0.1, -0.05) is 30.7 Å². The van der Waals surface area contributed by atoms with Gasteiger partial charge in [-0.3, -0.25) is 9.59 Å². The Balaban J connectivity index is 2.08. The zero-order valence-electron chi connectivity index (χ0n) is 13.0. The average molecular weight is 336 g/mol. The normalized spacial score (nSPS) is 11.8. The molecule has 23 heavy (non-hydrogen) atoms. The number of hydrogen-bond donors (Lipinski definition) is 1. The number of carbonyl (C=O) groups is 1. The fourth-order valence-electron chi connectivity index (χ4n) is 2.14. The van der Waals surface area contributed by atoms with Crippen molar-refractivity contribution in [3.63, 3.8) is 0 Å². The third kappa shape index (κ3) is 4.56. The molecule has 122 valence electrons. The summed E-state index contributed by atoms with van der Waals surface area (Å²) in [5.41, 5.74) is 0.594. The maximum atomic E-state index is 12.2. The van der Waals surface area contributed by atoms with Crippen LogP contribution in [0.25, 0.3) is 0 Å². The summed E-state index contributed by atoms with van der Waals surface area (Å²) in [6.07, 6.45) is 0.716. The lowest BCUT2D eigenvalue weighted by Crippen LogP contribution is -2.35. The summed E-state index contributed by atoms with van der Waals surface area (Å²) in [5.74, 6) is -0.0169. The van der Waals surface area contributed by atoms with Gasteiger partial charge in [-0.05, 0) is 24.1 Å². The number of nitrogens with zero attached hydrogens (tertiary/aromatic N) is 2. The Morgan fingerprint density at radius 1 is 1.30 bits per heavy atom. The highest BCUT2D eigenvalue weighted by molar-refractivity contribution is 6.30. The molecule has 2 aromatic rings. The molecule has 6 nitrogen and oxygen atoms in total. The maximum Gasteiger partial charge on any atom is 0.267 e. The van der Waals surface area contributed by atoms with Crippen molar-refractivity contribution in [2.24, 2.45) is 0 Å². The van der Waals surface area contributed by atoms with Crippen LogP contribution in [0.1, 0.15) is 24.9 Å². The van der Waals surface area contributed by atoms with Gasteiger partial charge in [0.05, 0.1) is 13.2 Å². The fourth-order valence-corrected chi connectivity index (χ4v) is 2.27. The number of hydrogen-bond acceptors (Lipinski definition) is 4. The van der Waals surface area contributed by atoms with Gasteiger partial charge >= 0.3 is 0 Å². The van der Waals surface area contributed by atoms with E-state index >= 15 is 0 Å². The molecule has 0 aliphatic carbocycles. The molecule has 2 rings (SSSR count). The molecule has 0 spiro atoms. The van der Waals surface area contributed by atoms with Gasteiger partial charge in [-0.2, -0.15) is 0 Å². The Labute approximate surface area is 139 Å². The number of ether oxygens (including phenoxy) is 1. The largest absolute Gasteiger partial charge is 0.480 e. The smallest absolute Gasteiger partial charge is 0.267 e. The SMILES string of the molecule is CC[C@H](NC(=O)Cn1nc(OC)ccc1=O)c1ccc(Cl)cc1.